The molecule has 0 aromatic carbocycles. The second-order valence-electron chi connectivity index (χ2n) is 4.37. The summed E-state index contributed by atoms with van der Waals surface area (Å²) in [6.45, 7) is 4.84. The van der Waals surface area contributed by atoms with Crippen LogP contribution in [0.2, 0.25) is 0 Å². The molecule has 0 aromatic heterocycles. The van der Waals surface area contributed by atoms with Gasteiger partial charge >= 0.3 is 0 Å². The Hall–Kier alpha value is -0.610. The van der Waals surface area contributed by atoms with E-state index in [4.69, 9.17) is 5.73 Å². The number of nitrogens with one attached hydrogen (secondary N) is 1. The Kier molecular flexibility index (Phi) is 7.34. The molecule has 3 N–H and O–H groups in total. The molecule has 0 heterocycles. The fourth-order valence-electron chi connectivity index (χ4n) is 1.23. The Balaban J connectivity index is 3.66. The van der Waals surface area contributed by atoms with E-state index in [0.717, 1.165) is 12.8 Å². The van der Waals surface area contributed by atoms with Gasteiger partial charge in [0.15, 0.2) is 0 Å². The molecule has 0 saturated heterocycles. The van der Waals surface area contributed by atoms with Crippen LogP contribution in [0.15, 0.2) is 0 Å². The topological polar surface area (TPSA) is 58.4 Å². The number of carbonyl (C=O) groups is 1. The Labute approximate surface area is 93.2 Å². The lowest BCUT2D eigenvalue weighted by atomic mass is 10.1. The molecule has 0 bridgehead atoms. The highest BCUT2D eigenvalue weighted by Crippen LogP contribution is 1.98. The van der Waals surface area contributed by atoms with Gasteiger partial charge < -0.3 is 16.0 Å². The predicted octanol–water partition coefficient (Wildman–Crippen LogP) is 0.570. The van der Waals surface area contributed by atoms with Gasteiger partial charge in [-0.3, -0.25) is 4.79 Å². The molecule has 2 unspecified atom stereocenters. The van der Waals surface area contributed by atoms with Crippen molar-refractivity contribution in [3.63, 3.8) is 0 Å². The van der Waals surface area contributed by atoms with Crippen molar-refractivity contribution in [3.8, 4) is 0 Å². The van der Waals surface area contributed by atoms with E-state index in [0.29, 0.717) is 19.0 Å². The van der Waals surface area contributed by atoms with Crippen LogP contribution < -0.4 is 11.1 Å². The van der Waals surface area contributed by atoms with Gasteiger partial charge in [-0.2, -0.15) is 0 Å². The Morgan fingerprint density at radius 2 is 2.07 bits per heavy atom. The number of amides is 1. The molecule has 0 fully saturated rings. The highest BCUT2D eigenvalue weighted by molar-refractivity contribution is 5.76. The summed E-state index contributed by atoms with van der Waals surface area (Å²) in [5.74, 6) is 0.0599. The summed E-state index contributed by atoms with van der Waals surface area (Å²) < 4.78 is 0. The van der Waals surface area contributed by atoms with Crippen LogP contribution in [0.3, 0.4) is 0 Å². The standard InChI is InChI=1S/C11H25N3O/c1-5-6-10(12)7-11(15)13-8-9(2)14(3)4/h9-10H,5-8,12H2,1-4H3,(H,13,15). The number of likely N-dealkylation sites (N-methyl/N-ethyl adjacent to an activating group) is 1. The highest BCUT2D eigenvalue weighted by atomic mass is 16.1. The molecule has 0 saturated carbocycles. The molecule has 0 spiro atoms. The maximum Gasteiger partial charge on any atom is 0.221 e. The summed E-state index contributed by atoms with van der Waals surface area (Å²) in [5.41, 5.74) is 5.78. The van der Waals surface area contributed by atoms with Crippen molar-refractivity contribution >= 4 is 5.91 Å². The smallest absolute Gasteiger partial charge is 0.221 e. The number of nitrogens with zero attached hydrogens (tertiary/aromatic N) is 1. The molecule has 2 atom stereocenters. The number of carbonyl (C=O) groups excluding carboxylic acids is 1. The average Bonchev–Trinajstić information content (AvgIpc) is 2.14. The predicted molar refractivity (Wildman–Crippen MR) is 63.7 cm³/mol. The SMILES string of the molecule is CCCC(N)CC(=O)NCC(C)N(C)C. The molecular weight excluding hydrogens is 190 g/mol. The van der Waals surface area contributed by atoms with Crippen LogP contribution in [0.5, 0.6) is 0 Å². The van der Waals surface area contributed by atoms with E-state index in [1.54, 1.807) is 0 Å². The maximum absolute atomic E-state index is 11.4. The minimum atomic E-state index is 0.00432. The number of nitrogens with two attached hydrogens (primary N) is 1. The first-order valence-corrected chi connectivity index (χ1v) is 5.66. The zero-order chi connectivity index (χ0) is 11.8. The molecule has 15 heavy (non-hydrogen) atoms. The summed E-state index contributed by atoms with van der Waals surface area (Å²) >= 11 is 0. The van der Waals surface area contributed by atoms with Gasteiger partial charge in [0.05, 0.1) is 0 Å². The molecule has 4 heteroatoms. The van der Waals surface area contributed by atoms with Crippen LogP contribution in [0.1, 0.15) is 33.1 Å². The van der Waals surface area contributed by atoms with Crippen LogP contribution in [0.25, 0.3) is 0 Å². The minimum absolute atomic E-state index is 0.00432. The second kappa shape index (κ2) is 7.65. The maximum atomic E-state index is 11.4. The normalized spacial score (nSPS) is 15.1. The molecule has 0 aliphatic carbocycles. The van der Waals surface area contributed by atoms with Crippen molar-refractivity contribution in [2.45, 2.75) is 45.2 Å². The summed E-state index contributed by atoms with van der Waals surface area (Å²) in [4.78, 5) is 13.5. The van der Waals surface area contributed by atoms with E-state index in [2.05, 4.69) is 24.1 Å². The number of hydrogen-bond donors (Lipinski definition) is 2. The summed E-state index contributed by atoms with van der Waals surface area (Å²) in [5, 5.41) is 2.89. The van der Waals surface area contributed by atoms with E-state index in [-0.39, 0.29) is 11.9 Å². The second-order valence-corrected chi connectivity index (χ2v) is 4.37. The van der Waals surface area contributed by atoms with Gasteiger partial charge in [0, 0.05) is 25.0 Å². The molecular formula is C11H25N3O. The monoisotopic (exact) mass is 215 g/mol. The van der Waals surface area contributed by atoms with Gasteiger partial charge in [0.2, 0.25) is 5.91 Å². The van der Waals surface area contributed by atoms with Crippen molar-refractivity contribution in [1.82, 2.24) is 10.2 Å². The minimum Gasteiger partial charge on any atom is -0.354 e. The van der Waals surface area contributed by atoms with Crippen molar-refractivity contribution in [3.05, 3.63) is 0 Å². The van der Waals surface area contributed by atoms with E-state index in [1.165, 1.54) is 0 Å². The molecule has 0 radical (unpaired) electrons. The van der Waals surface area contributed by atoms with Gasteiger partial charge in [-0.05, 0) is 27.4 Å². The van der Waals surface area contributed by atoms with Gasteiger partial charge in [-0.15, -0.1) is 0 Å². The van der Waals surface area contributed by atoms with Crippen molar-refractivity contribution in [2.24, 2.45) is 5.73 Å². The third-order valence-electron chi connectivity index (χ3n) is 2.58. The first-order chi connectivity index (χ1) is 6.97. The first kappa shape index (κ1) is 14.4. The third-order valence-corrected chi connectivity index (χ3v) is 2.58. The Morgan fingerprint density at radius 3 is 2.53 bits per heavy atom. The van der Waals surface area contributed by atoms with Gasteiger partial charge in [0.1, 0.15) is 0 Å². The van der Waals surface area contributed by atoms with Gasteiger partial charge in [-0.1, -0.05) is 13.3 Å². The Morgan fingerprint density at radius 1 is 1.47 bits per heavy atom. The van der Waals surface area contributed by atoms with E-state index in [9.17, 15) is 4.79 Å². The van der Waals surface area contributed by atoms with Crippen molar-refractivity contribution in [2.75, 3.05) is 20.6 Å². The Bertz CT molecular complexity index is 183. The number of hydrogen-bond acceptors (Lipinski definition) is 3. The average molecular weight is 215 g/mol. The molecule has 0 rings (SSSR count). The molecule has 0 aromatic rings. The van der Waals surface area contributed by atoms with E-state index < -0.39 is 0 Å². The molecule has 4 nitrogen and oxygen atoms in total. The van der Waals surface area contributed by atoms with Crippen LogP contribution in [0, 0.1) is 0 Å². The van der Waals surface area contributed by atoms with Crippen molar-refractivity contribution in [1.29, 1.82) is 0 Å². The fourth-order valence-corrected chi connectivity index (χ4v) is 1.23. The van der Waals surface area contributed by atoms with Crippen LogP contribution >= 0.6 is 0 Å². The summed E-state index contributed by atoms with van der Waals surface area (Å²) in [6, 6.07) is 0.362. The third kappa shape index (κ3) is 7.33. The molecule has 90 valence electrons. The molecule has 0 aliphatic rings. The van der Waals surface area contributed by atoms with Crippen LogP contribution in [-0.2, 0) is 4.79 Å². The van der Waals surface area contributed by atoms with Crippen molar-refractivity contribution < 1.29 is 4.79 Å². The fraction of sp³-hybridized carbons (Fsp3) is 0.909. The zero-order valence-corrected chi connectivity index (χ0v) is 10.4. The van der Waals surface area contributed by atoms with Gasteiger partial charge in [-0.25, -0.2) is 0 Å². The molecule has 0 aliphatic heterocycles. The van der Waals surface area contributed by atoms with Crippen LogP contribution in [0.4, 0.5) is 0 Å². The lowest BCUT2D eigenvalue weighted by molar-refractivity contribution is -0.121. The lowest BCUT2D eigenvalue weighted by Gasteiger charge is -2.20. The van der Waals surface area contributed by atoms with Crippen LogP contribution in [-0.4, -0.2) is 43.5 Å². The largest absolute Gasteiger partial charge is 0.354 e. The summed E-state index contributed by atoms with van der Waals surface area (Å²) in [7, 11) is 4.00. The van der Waals surface area contributed by atoms with E-state index >= 15 is 0 Å². The van der Waals surface area contributed by atoms with E-state index in [1.807, 2.05) is 14.1 Å². The summed E-state index contributed by atoms with van der Waals surface area (Å²) in [6.07, 6.45) is 2.38. The quantitative estimate of drug-likeness (QED) is 0.653. The van der Waals surface area contributed by atoms with Gasteiger partial charge in [0.25, 0.3) is 0 Å². The zero-order valence-electron chi connectivity index (χ0n) is 10.4. The number of rotatable bonds is 7. The first-order valence-electron chi connectivity index (χ1n) is 5.66. The molecule has 1 amide bonds. The highest BCUT2D eigenvalue weighted by Gasteiger charge is 2.10. The lowest BCUT2D eigenvalue weighted by Crippen LogP contribution is -2.40.